The van der Waals surface area contributed by atoms with E-state index in [1.807, 2.05) is 64.2 Å². The molecule has 3 heterocycles. The Hall–Kier alpha value is -3.41. The molecule has 1 N–H and O–H groups in total. The number of rotatable bonds is 4. The smallest absolute Gasteiger partial charge is 0.253 e. The molecule has 2 aromatic heterocycles. The van der Waals surface area contributed by atoms with Crippen LogP contribution in [-0.4, -0.2) is 43.4 Å². The van der Waals surface area contributed by atoms with E-state index in [1.54, 1.807) is 12.5 Å². The Balaban J connectivity index is 1.23. The van der Waals surface area contributed by atoms with Gasteiger partial charge in [0.25, 0.3) is 5.91 Å². The molecule has 0 bridgehead atoms. The zero-order valence-electron chi connectivity index (χ0n) is 14.7. The molecule has 27 heavy (non-hydrogen) atoms. The van der Waals surface area contributed by atoms with Crippen molar-refractivity contribution in [2.24, 2.45) is 0 Å². The van der Waals surface area contributed by atoms with Crippen LogP contribution in [0.1, 0.15) is 27.7 Å². The highest BCUT2D eigenvalue weighted by molar-refractivity contribution is 5.95. The van der Waals surface area contributed by atoms with E-state index in [-0.39, 0.29) is 11.8 Å². The van der Waals surface area contributed by atoms with Crippen LogP contribution in [0.5, 0.6) is 0 Å². The van der Waals surface area contributed by atoms with E-state index in [4.69, 9.17) is 0 Å². The summed E-state index contributed by atoms with van der Waals surface area (Å²) in [5, 5.41) is 0. The van der Waals surface area contributed by atoms with Gasteiger partial charge in [-0.3, -0.25) is 4.79 Å². The van der Waals surface area contributed by atoms with Gasteiger partial charge in [-0.05, 0) is 29.8 Å². The van der Waals surface area contributed by atoms with Gasteiger partial charge in [-0.25, -0.2) is 9.97 Å². The van der Waals surface area contributed by atoms with Crippen LogP contribution in [0.15, 0.2) is 67.3 Å². The van der Waals surface area contributed by atoms with Crippen LogP contribution in [0.3, 0.4) is 0 Å². The van der Waals surface area contributed by atoms with E-state index in [0.29, 0.717) is 13.1 Å². The summed E-state index contributed by atoms with van der Waals surface area (Å²) >= 11 is 0. The number of imidazole rings is 2. The number of aromatic nitrogens is 4. The molecule has 1 fully saturated rings. The maximum atomic E-state index is 12.7. The zero-order valence-corrected chi connectivity index (χ0v) is 14.7. The Labute approximate surface area is 156 Å². The predicted octanol–water partition coefficient (Wildman–Crippen LogP) is 3.05. The van der Waals surface area contributed by atoms with Gasteiger partial charge in [0, 0.05) is 37.6 Å². The third-order valence-corrected chi connectivity index (χ3v) is 5.09. The zero-order chi connectivity index (χ0) is 18.2. The van der Waals surface area contributed by atoms with Crippen molar-refractivity contribution in [2.75, 3.05) is 13.1 Å². The lowest BCUT2D eigenvalue weighted by Gasteiger charge is -2.38. The molecule has 134 valence electrons. The number of fused-ring (bicyclic) bond motifs is 1. The van der Waals surface area contributed by atoms with Crippen molar-refractivity contribution >= 4 is 16.9 Å². The maximum Gasteiger partial charge on any atom is 0.253 e. The number of nitrogens with zero attached hydrogens (tertiary/aromatic N) is 4. The van der Waals surface area contributed by atoms with Gasteiger partial charge in [0.2, 0.25) is 0 Å². The quantitative estimate of drug-likeness (QED) is 0.610. The van der Waals surface area contributed by atoms with Crippen LogP contribution in [0.2, 0.25) is 0 Å². The molecule has 0 saturated carbocycles. The molecule has 1 aliphatic rings. The van der Waals surface area contributed by atoms with Crippen molar-refractivity contribution in [3.05, 3.63) is 84.2 Å². The van der Waals surface area contributed by atoms with E-state index >= 15 is 0 Å². The Morgan fingerprint density at radius 1 is 1.11 bits per heavy atom. The van der Waals surface area contributed by atoms with E-state index in [9.17, 15) is 4.79 Å². The fraction of sp³-hybridized carbons (Fsp3) is 0.190. The van der Waals surface area contributed by atoms with Crippen molar-refractivity contribution < 1.29 is 4.79 Å². The van der Waals surface area contributed by atoms with Gasteiger partial charge in [-0.1, -0.05) is 24.3 Å². The first kappa shape index (κ1) is 15.8. The van der Waals surface area contributed by atoms with Crippen molar-refractivity contribution in [1.29, 1.82) is 0 Å². The highest BCUT2D eigenvalue weighted by atomic mass is 16.2. The van der Waals surface area contributed by atoms with Gasteiger partial charge in [-0.15, -0.1) is 0 Å². The SMILES string of the molecule is O=C(c1ccc(Cn2ccnc2)cc1)N1CC(c2nc3ccccc3[nH]2)C1. The molecule has 0 aliphatic carbocycles. The van der Waals surface area contributed by atoms with Crippen LogP contribution in [-0.2, 0) is 6.54 Å². The molecule has 0 atom stereocenters. The monoisotopic (exact) mass is 357 g/mol. The summed E-state index contributed by atoms with van der Waals surface area (Å²) in [5.74, 6) is 1.33. The molecule has 1 amide bonds. The standard InChI is InChI=1S/C21H19N5O/c27-21(16-7-5-15(6-8-16)11-25-10-9-22-14-25)26-12-17(13-26)20-23-18-3-1-2-4-19(18)24-20/h1-10,14,17H,11-13H2,(H,23,24). The molecule has 1 saturated heterocycles. The minimum atomic E-state index is 0.0801. The number of nitrogens with one attached hydrogen (secondary N) is 1. The van der Waals surface area contributed by atoms with Crippen molar-refractivity contribution in [3.63, 3.8) is 0 Å². The lowest BCUT2D eigenvalue weighted by atomic mass is 9.98. The summed E-state index contributed by atoms with van der Waals surface area (Å²) in [6.07, 6.45) is 5.48. The number of benzene rings is 2. The molecule has 0 radical (unpaired) electrons. The number of H-pyrrole nitrogens is 1. The largest absolute Gasteiger partial charge is 0.342 e. The topological polar surface area (TPSA) is 66.8 Å². The third-order valence-electron chi connectivity index (χ3n) is 5.09. The number of hydrogen-bond donors (Lipinski definition) is 1. The minimum absolute atomic E-state index is 0.0801. The molecule has 6 heteroatoms. The summed E-state index contributed by atoms with van der Waals surface area (Å²) in [7, 11) is 0. The summed E-state index contributed by atoms with van der Waals surface area (Å²) < 4.78 is 2.00. The average molecular weight is 357 g/mol. The minimum Gasteiger partial charge on any atom is -0.342 e. The van der Waals surface area contributed by atoms with Crippen LogP contribution in [0.25, 0.3) is 11.0 Å². The number of likely N-dealkylation sites (tertiary alicyclic amines) is 1. The van der Waals surface area contributed by atoms with Gasteiger partial charge >= 0.3 is 0 Å². The Morgan fingerprint density at radius 2 is 1.93 bits per heavy atom. The Morgan fingerprint density at radius 3 is 2.67 bits per heavy atom. The molecular formula is C21H19N5O. The molecule has 6 nitrogen and oxygen atoms in total. The molecule has 0 spiro atoms. The maximum absolute atomic E-state index is 12.7. The second kappa shape index (κ2) is 6.39. The number of amides is 1. The van der Waals surface area contributed by atoms with Gasteiger partial charge in [0.15, 0.2) is 0 Å². The number of carbonyl (C=O) groups excluding carboxylic acids is 1. The average Bonchev–Trinajstić information content (AvgIpc) is 3.30. The first-order chi connectivity index (χ1) is 13.3. The van der Waals surface area contributed by atoms with Crippen LogP contribution in [0, 0.1) is 0 Å². The number of aromatic amines is 1. The highest BCUT2D eigenvalue weighted by Gasteiger charge is 2.34. The predicted molar refractivity (Wildman–Crippen MR) is 103 cm³/mol. The molecule has 1 aliphatic heterocycles. The molecule has 4 aromatic rings. The lowest BCUT2D eigenvalue weighted by Crippen LogP contribution is -2.48. The first-order valence-electron chi connectivity index (χ1n) is 9.05. The lowest BCUT2D eigenvalue weighted by molar-refractivity contribution is 0.0596. The summed E-state index contributed by atoms with van der Waals surface area (Å²) in [4.78, 5) is 26.6. The van der Waals surface area contributed by atoms with Gasteiger partial charge < -0.3 is 14.5 Å². The van der Waals surface area contributed by atoms with Crippen LogP contribution >= 0.6 is 0 Å². The highest BCUT2D eigenvalue weighted by Crippen LogP contribution is 2.28. The number of carbonyl (C=O) groups is 1. The number of para-hydroxylation sites is 2. The van der Waals surface area contributed by atoms with E-state index in [1.165, 1.54) is 0 Å². The van der Waals surface area contributed by atoms with Crippen molar-refractivity contribution in [1.82, 2.24) is 24.4 Å². The molecule has 2 aromatic carbocycles. The van der Waals surface area contributed by atoms with Gasteiger partial charge in [-0.2, -0.15) is 0 Å². The normalized spacial score (nSPS) is 14.4. The fourth-order valence-corrected chi connectivity index (χ4v) is 3.51. The second-order valence-electron chi connectivity index (χ2n) is 6.98. The van der Waals surface area contributed by atoms with E-state index in [0.717, 1.165) is 34.5 Å². The summed E-state index contributed by atoms with van der Waals surface area (Å²) in [6.45, 7) is 2.16. The molecule has 0 unspecified atom stereocenters. The van der Waals surface area contributed by atoms with E-state index < -0.39 is 0 Å². The van der Waals surface area contributed by atoms with Gasteiger partial charge in [0.05, 0.1) is 23.3 Å². The fourth-order valence-electron chi connectivity index (χ4n) is 3.51. The van der Waals surface area contributed by atoms with Gasteiger partial charge in [0.1, 0.15) is 5.82 Å². The molecular weight excluding hydrogens is 338 g/mol. The van der Waals surface area contributed by atoms with Crippen LogP contribution in [0.4, 0.5) is 0 Å². The molecule has 5 rings (SSSR count). The Bertz CT molecular complexity index is 1040. The second-order valence-corrected chi connectivity index (χ2v) is 6.98. The third kappa shape index (κ3) is 2.99. The first-order valence-corrected chi connectivity index (χ1v) is 9.05. The number of hydrogen-bond acceptors (Lipinski definition) is 3. The van der Waals surface area contributed by atoms with E-state index in [2.05, 4.69) is 15.0 Å². The summed E-state index contributed by atoms with van der Waals surface area (Å²) in [6, 6.07) is 15.8. The van der Waals surface area contributed by atoms with Crippen molar-refractivity contribution in [3.8, 4) is 0 Å². The summed E-state index contributed by atoms with van der Waals surface area (Å²) in [5.41, 5.74) is 3.90. The van der Waals surface area contributed by atoms with Crippen molar-refractivity contribution in [2.45, 2.75) is 12.5 Å². The Kier molecular flexibility index (Phi) is 3.74. The van der Waals surface area contributed by atoms with Crippen LogP contribution < -0.4 is 0 Å².